The fraction of sp³-hybridized carbons (Fsp3) is 0.500. The number of halogens is 1. The second-order valence-electron chi connectivity index (χ2n) is 4.89. The lowest BCUT2D eigenvalue weighted by Gasteiger charge is -2.17. The molecule has 0 aromatic heterocycles. The van der Waals surface area contributed by atoms with Gasteiger partial charge in [-0.05, 0) is 48.9 Å². The van der Waals surface area contributed by atoms with Gasteiger partial charge in [0.2, 0.25) is 0 Å². The van der Waals surface area contributed by atoms with Gasteiger partial charge in [-0.3, -0.25) is 4.79 Å². The predicted molar refractivity (Wildman–Crippen MR) is 65.4 cm³/mol. The first kappa shape index (κ1) is 12.9. The van der Waals surface area contributed by atoms with Gasteiger partial charge in [-0.15, -0.1) is 0 Å². The Morgan fingerprint density at radius 3 is 2.72 bits per heavy atom. The summed E-state index contributed by atoms with van der Waals surface area (Å²) < 4.78 is 19.3. The van der Waals surface area contributed by atoms with Crippen LogP contribution in [0.3, 0.4) is 0 Å². The lowest BCUT2D eigenvalue weighted by atomic mass is 9.89. The van der Waals surface area contributed by atoms with E-state index >= 15 is 0 Å². The summed E-state index contributed by atoms with van der Waals surface area (Å²) in [7, 11) is 1.53. The summed E-state index contributed by atoms with van der Waals surface area (Å²) in [5.74, 6) is -0.543. The summed E-state index contributed by atoms with van der Waals surface area (Å²) in [5, 5.41) is 8.95. The predicted octanol–water partition coefficient (Wildman–Crippen LogP) is 3.11. The van der Waals surface area contributed by atoms with E-state index in [9.17, 15) is 9.18 Å². The van der Waals surface area contributed by atoms with Gasteiger partial charge in [0.1, 0.15) is 11.6 Å². The average Bonchev–Trinajstić information content (AvgIpc) is 3.13. The molecule has 2 rings (SSSR count). The van der Waals surface area contributed by atoms with Crippen LogP contribution in [0.15, 0.2) is 12.1 Å². The van der Waals surface area contributed by atoms with Crippen LogP contribution >= 0.6 is 0 Å². The van der Waals surface area contributed by atoms with Crippen LogP contribution in [0.1, 0.15) is 36.3 Å². The Hall–Kier alpha value is -1.58. The van der Waals surface area contributed by atoms with Crippen molar-refractivity contribution >= 4 is 5.97 Å². The minimum absolute atomic E-state index is 0.0196. The number of methoxy groups -OCH3 is 1. The van der Waals surface area contributed by atoms with Gasteiger partial charge in [-0.25, -0.2) is 4.39 Å². The van der Waals surface area contributed by atoms with E-state index in [1.165, 1.54) is 7.11 Å². The van der Waals surface area contributed by atoms with E-state index in [4.69, 9.17) is 9.84 Å². The molecule has 1 aliphatic rings. The topological polar surface area (TPSA) is 46.5 Å². The standard InChI is InChI=1S/C14H17FO3/c1-8-5-10(18-2)6-12(14(8)15)11(7-13(16)17)9-3-4-9/h5-6,9,11H,3-4,7H2,1-2H3,(H,16,17). The van der Waals surface area contributed by atoms with Crippen molar-refractivity contribution in [3.8, 4) is 5.75 Å². The molecule has 1 fully saturated rings. The van der Waals surface area contributed by atoms with Gasteiger partial charge in [-0.2, -0.15) is 0 Å². The maximum absolute atomic E-state index is 14.2. The molecule has 0 spiro atoms. The summed E-state index contributed by atoms with van der Waals surface area (Å²) in [6.07, 6.45) is 1.94. The maximum atomic E-state index is 14.2. The maximum Gasteiger partial charge on any atom is 0.303 e. The zero-order chi connectivity index (χ0) is 13.3. The molecule has 0 heterocycles. The number of hydrogen-bond acceptors (Lipinski definition) is 2. The van der Waals surface area contributed by atoms with E-state index in [1.807, 2.05) is 0 Å². The molecule has 0 saturated heterocycles. The molecule has 1 aliphatic carbocycles. The normalized spacial score (nSPS) is 16.4. The molecule has 1 aromatic rings. The van der Waals surface area contributed by atoms with Crippen molar-refractivity contribution in [3.05, 3.63) is 29.1 Å². The van der Waals surface area contributed by atoms with Crippen LogP contribution in [0.5, 0.6) is 5.75 Å². The molecule has 1 unspecified atom stereocenters. The summed E-state index contributed by atoms with van der Waals surface area (Å²) in [4.78, 5) is 10.9. The number of aliphatic carboxylic acids is 1. The van der Waals surface area contributed by atoms with Crippen molar-refractivity contribution < 1.29 is 19.0 Å². The van der Waals surface area contributed by atoms with Crippen LogP contribution in [0.25, 0.3) is 0 Å². The van der Waals surface area contributed by atoms with Crippen molar-refractivity contribution in [1.29, 1.82) is 0 Å². The number of carboxylic acids is 1. The van der Waals surface area contributed by atoms with Crippen LogP contribution in [-0.2, 0) is 4.79 Å². The minimum Gasteiger partial charge on any atom is -0.497 e. The third-order valence-electron chi connectivity index (χ3n) is 3.48. The summed E-state index contributed by atoms with van der Waals surface area (Å²) >= 11 is 0. The molecule has 0 radical (unpaired) electrons. The lowest BCUT2D eigenvalue weighted by molar-refractivity contribution is -0.137. The van der Waals surface area contributed by atoms with Crippen molar-refractivity contribution in [1.82, 2.24) is 0 Å². The van der Waals surface area contributed by atoms with Crippen molar-refractivity contribution in [2.75, 3.05) is 7.11 Å². The number of carbonyl (C=O) groups is 1. The number of ether oxygens (including phenoxy) is 1. The first-order chi connectivity index (χ1) is 8.52. The number of benzene rings is 1. The van der Waals surface area contributed by atoms with Gasteiger partial charge < -0.3 is 9.84 Å². The van der Waals surface area contributed by atoms with Crippen molar-refractivity contribution in [2.45, 2.75) is 32.1 Å². The number of carboxylic acid groups (broad SMARTS) is 1. The quantitative estimate of drug-likeness (QED) is 0.875. The molecule has 98 valence electrons. The molecule has 18 heavy (non-hydrogen) atoms. The van der Waals surface area contributed by atoms with Crippen molar-refractivity contribution in [3.63, 3.8) is 0 Å². The Bertz CT molecular complexity index is 466. The van der Waals surface area contributed by atoms with E-state index < -0.39 is 5.97 Å². The SMILES string of the molecule is COc1cc(C)c(F)c(C(CC(=O)O)C2CC2)c1. The highest BCUT2D eigenvalue weighted by atomic mass is 19.1. The van der Waals surface area contributed by atoms with Gasteiger partial charge in [-0.1, -0.05) is 0 Å². The van der Waals surface area contributed by atoms with Crippen LogP contribution < -0.4 is 4.74 Å². The monoisotopic (exact) mass is 252 g/mol. The third kappa shape index (κ3) is 2.63. The first-order valence-electron chi connectivity index (χ1n) is 6.08. The zero-order valence-electron chi connectivity index (χ0n) is 10.6. The highest BCUT2D eigenvalue weighted by Crippen LogP contribution is 2.46. The molecule has 1 saturated carbocycles. The second kappa shape index (κ2) is 4.96. The molecular formula is C14H17FO3. The molecule has 4 heteroatoms. The van der Waals surface area contributed by atoms with Crippen LogP contribution in [0.2, 0.25) is 0 Å². The Labute approximate surface area is 106 Å². The van der Waals surface area contributed by atoms with Gasteiger partial charge >= 0.3 is 5.97 Å². The van der Waals surface area contributed by atoms with Gasteiger partial charge in [0.15, 0.2) is 0 Å². The van der Waals surface area contributed by atoms with E-state index in [1.54, 1.807) is 19.1 Å². The average molecular weight is 252 g/mol. The fourth-order valence-electron chi connectivity index (χ4n) is 2.37. The van der Waals surface area contributed by atoms with Gasteiger partial charge in [0.25, 0.3) is 0 Å². The smallest absolute Gasteiger partial charge is 0.303 e. The largest absolute Gasteiger partial charge is 0.497 e. The molecular weight excluding hydrogens is 235 g/mol. The molecule has 0 aliphatic heterocycles. The number of rotatable bonds is 5. The minimum atomic E-state index is -0.883. The summed E-state index contributed by atoms with van der Waals surface area (Å²) in [6.45, 7) is 1.67. The van der Waals surface area contributed by atoms with Gasteiger partial charge in [0.05, 0.1) is 13.5 Å². The van der Waals surface area contributed by atoms with Crippen LogP contribution in [-0.4, -0.2) is 18.2 Å². The van der Waals surface area contributed by atoms with Crippen LogP contribution in [0.4, 0.5) is 4.39 Å². The first-order valence-corrected chi connectivity index (χ1v) is 6.08. The summed E-state index contributed by atoms with van der Waals surface area (Å²) in [5.41, 5.74) is 0.983. The second-order valence-corrected chi connectivity index (χ2v) is 4.89. The molecule has 1 atom stereocenters. The number of aryl methyl sites for hydroxylation is 1. The molecule has 1 N–H and O–H groups in total. The fourth-order valence-corrected chi connectivity index (χ4v) is 2.37. The molecule has 0 bridgehead atoms. The number of hydrogen-bond donors (Lipinski definition) is 1. The Kier molecular flexibility index (Phi) is 3.55. The van der Waals surface area contributed by atoms with Crippen LogP contribution in [0, 0.1) is 18.7 Å². The highest BCUT2D eigenvalue weighted by Gasteiger charge is 2.35. The summed E-state index contributed by atoms with van der Waals surface area (Å²) in [6, 6.07) is 3.26. The van der Waals surface area contributed by atoms with Gasteiger partial charge in [0, 0.05) is 5.92 Å². The van der Waals surface area contributed by atoms with E-state index in [2.05, 4.69) is 0 Å². The lowest BCUT2D eigenvalue weighted by Crippen LogP contribution is -2.11. The molecule has 3 nitrogen and oxygen atoms in total. The Morgan fingerprint density at radius 1 is 1.56 bits per heavy atom. The van der Waals surface area contributed by atoms with E-state index in [0.29, 0.717) is 22.8 Å². The third-order valence-corrected chi connectivity index (χ3v) is 3.48. The van der Waals surface area contributed by atoms with Crippen molar-refractivity contribution in [2.24, 2.45) is 5.92 Å². The molecule has 0 amide bonds. The highest BCUT2D eigenvalue weighted by molar-refractivity contribution is 5.68. The van der Waals surface area contributed by atoms with E-state index in [-0.39, 0.29) is 18.2 Å². The molecule has 1 aromatic carbocycles. The Balaban J connectivity index is 2.39. The Morgan fingerprint density at radius 2 is 2.22 bits per heavy atom. The van der Waals surface area contributed by atoms with E-state index in [0.717, 1.165) is 12.8 Å². The zero-order valence-corrected chi connectivity index (χ0v) is 10.6.